The van der Waals surface area contributed by atoms with Crippen LogP contribution in [-0.4, -0.2) is 4.98 Å². The predicted molar refractivity (Wildman–Crippen MR) is 67.3 cm³/mol. The van der Waals surface area contributed by atoms with Gasteiger partial charge in [-0.25, -0.2) is 9.37 Å². The van der Waals surface area contributed by atoms with Gasteiger partial charge in [-0.3, -0.25) is 0 Å². The molecule has 0 saturated heterocycles. The largest absolute Gasteiger partial charge is 0.326 e. The van der Waals surface area contributed by atoms with Crippen LogP contribution in [0.15, 0.2) is 30.5 Å². The van der Waals surface area contributed by atoms with Crippen molar-refractivity contribution in [3.8, 4) is 11.1 Å². The molecule has 0 amide bonds. The first kappa shape index (κ1) is 12.0. The zero-order valence-corrected chi connectivity index (χ0v) is 10.1. The van der Waals surface area contributed by atoms with E-state index in [0.29, 0.717) is 17.3 Å². The first-order valence-electron chi connectivity index (χ1n) is 5.23. The SMILES string of the molecule is Cc1c(F)cccc1-c1cc(Cl)ncc1CN. The number of aromatic nitrogens is 1. The van der Waals surface area contributed by atoms with Crippen LogP contribution in [0.25, 0.3) is 11.1 Å². The van der Waals surface area contributed by atoms with Crippen LogP contribution in [0.3, 0.4) is 0 Å². The summed E-state index contributed by atoms with van der Waals surface area (Å²) in [4.78, 5) is 3.98. The minimum absolute atomic E-state index is 0.238. The fourth-order valence-corrected chi connectivity index (χ4v) is 1.93. The van der Waals surface area contributed by atoms with Crippen LogP contribution in [0, 0.1) is 12.7 Å². The van der Waals surface area contributed by atoms with Crippen LogP contribution in [-0.2, 0) is 6.54 Å². The molecule has 0 radical (unpaired) electrons. The lowest BCUT2D eigenvalue weighted by Crippen LogP contribution is -2.01. The van der Waals surface area contributed by atoms with Crippen LogP contribution in [0.4, 0.5) is 4.39 Å². The standard InChI is InChI=1S/C13H12ClFN2/c1-8-10(3-2-4-12(8)15)11-5-13(14)17-7-9(11)6-16/h2-5,7H,6,16H2,1H3. The summed E-state index contributed by atoms with van der Waals surface area (Å²) in [6.07, 6.45) is 1.63. The molecule has 0 atom stereocenters. The van der Waals surface area contributed by atoms with E-state index in [-0.39, 0.29) is 5.82 Å². The molecule has 17 heavy (non-hydrogen) atoms. The number of nitrogens with two attached hydrogens (primary N) is 1. The predicted octanol–water partition coefficient (Wildman–Crippen LogP) is 3.31. The third-order valence-electron chi connectivity index (χ3n) is 2.73. The smallest absolute Gasteiger partial charge is 0.129 e. The van der Waals surface area contributed by atoms with Gasteiger partial charge in [-0.15, -0.1) is 0 Å². The van der Waals surface area contributed by atoms with Crippen molar-refractivity contribution in [1.29, 1.82) is 0 Å². The Bertz CT molecular complexity index is 555. The zero-order chi connectivity index (χ0) is 12.4. The molecule has 1 aromatic heterocycles. The van der Waals surface area contributed by atoms with Gasteiger partial charge in [0.05, 0.1) is 0 Å². The molecule has 4 heteroatoms. The van der Waals surface area contributed by atoms with E-state index in [9.17, 15) is 4.39 Å². The van der Waals surface area contributed by atoms with Gasteiger partial charge in [0.25, 0.3) is 0 Å². The van der Waals surface area contributed by atoms with Crippen LogP contribution in [0.2, 0.25) is 5.15 Å². The van der Waals surface area contributed by atoms with Crippen LogP contribution in [0.1, 0.15) is 11.1 Å². The number of nitrogens with zero attached hydrogens (tertiary/aromatic N) is 1. The first-order valence-corrected chi connectivity index (χ1v) is 5.61. The second kappa shape index (κ2) is 4.82. The summed E-state index contributed by atoms with van der Waals surface area (Å²) in [6.45, 7) is 2.08. The van der Waals surface area contributed by atoms with E-state index in [4.69, 9.17) is 17.3 Å². The second-order valence-corrected chi connectivity index (χ2v) is 4.17. The van der Waals surface area contributed by atoms with Crippen molar-refractivity contribution in [3.63, 3.8) is 0 Å². The summed E-state index contributed by atoms with van der Waals surface area (Å²) in [5.41, 5.74) is 8.73. The highest BCUT2D eigenvalue weighted by Gasteiger charge is 2.10. The Morgan fingerprint density at radius 1 is 1.35 bits per heavy atom. The van der Waals surface area contributed by atoms with E-state index >= 15 is 0 Å². The molecule has 1 heterocycles. The first-order chi connectivity index (χ1) is 8.13. The maximum Gasteiger partial charge on any atom is 0.129 e. The normalized spacial score (nSPS) is 10.6. The summed E-state index contributed by atoms with van der Waals surface area (Å²) in [6, 6.07) is 6.67. The van der Waals surface area contributed by atoms with E-state index in [2.05, 4.69) is 4.98 Å². The minimum Gasteiger partial charge on any atom is -0.326 e. The molecule has 0 spiro atoms. The summed E-state index contributed by atoms with van der Waals surface area (Å²) >= 11 is 5.87. The van der Waals surface area contributed by atoms with Gasteiger partial charge in [0.15, 0.2) is 0 Å². The van der Waals surface area contributed by atoms with Gasteiger partial charge in [0.2, 0.25) is 0 Å². The van der Waals surface area contributed by atoms with Crippen molar-refractivity contribution in [1.82, 2.24) is 4.98 Å². The lowest BCUT2D eigenvalue weighted by atomic mass is 9.97. The fraction of sp³-hybridized carbons (Fsp3) is 0.154. The average Bonchev–Trinajstić information content (AvgIpc) is 2.33. The lowest BCUT2D eigenvalue weighted by Gasteiger charge is -2.11. The molecule has 0 aliphatic rings. The Morgan fingerprint density at radius 3 is 2.82 bits per heavy atom. The molecule has 0 aliphatic heterocycles. The maximum absolute atomic E-state index is 13.5. The highest BCUT2D eigenvalue weighted by atomic mass is 35.5. The van der Waals surface area contributed by atoms with Gasteiger partial charge in [-0.05, 0) is 41.3 Å². The van der Waals surface area contributed by atoms with Crippen molar-refractivity contribution in [3.05, 3.63) is 52.6 Å². The van der Waals surface area contributed by atoms with E-state index in [1.54, 1.807) is 25.3 Å². The van der Waals surface area contributed by atoms with E-state index in [1.807, 2.05) is 6.07 Å². The number of halogens is 2. The molecule has 0 fully saturated rings. The number of hydrogen-bond acceptors (Lipinski definition) is 2. The van der Waals surface area contributed by atoms with Crippen molar-refractivity contribution < 1.29 is 4.39 Å². The average molecular weight is 251 g/mol. The lowest BCUT2D eigenvalue weighted by molar-refractivity contribution is 0.619. The van der Waals surface area contributed by atoms with Gasteiger partial charge in [0, 0.05) is 12.7 Å². The van der Waals surface area contributed by atoms with Crippen molar-refractivity contribution in [2.75, 3.05) is 0 Å². The van der Waals surface area contributed by atoms with Gasteiger partial charge in [0.1, 0.15) is 11.0 Å². The topological polar surface area (TPSA) is 38.9 Å². The van der Waals surface area contributed by atoms with Crippen molar-refractivity contribution >= 4 is 11.6 Å². The molecule has 2 N–H and O–H groups in total. The third-order valence-corrected chi connectivity index (χ3v) is 2.94. The zero-order valence-electron chi connectivity index (χ0n) is 9.37. The number of benzene rings is 1. The molecular formula is C13H12ClFN2. The van der Waals surface area contributed by atoms with E-state index in [1.165, 1.54) is 6.07 Å². The molecule has 0 aliphatic carbocycles. The van der Waals surface area contributed by atoms with Crippen molar-refractivity contribution in [2.45, 2.75) is 13.5 Å². The fourth-order valence-electron chi connectivity index (χ4n) is 1.77. The quantitative estimate of drug-likeness (QED) is 0.831. The Kier molecular flexibility index (Phi) is 3.41. The molecule has 88 valence electrons. The summed E-state index contributed by atoms with van der Waals surface area (Å²) in [7, 11) is 0. The van der Waals surface area contributed by atoms with E-state index in [0.717, 1.165) is 16.7 Å². The molecule has 2 nitrogen and oxygen atoms in total. The molecule has 2 aromatic rings. The Morgan fingerprint density at radius 2 is 2.12 bits per heavy atom. The summed E-state index contributed by atoms with van der Waals surface area (Å²) in [5.74, 6) is -0.238. The molecule has 0 unspecified atom stereocenters. The van der Waals surface area contributed by atoms with Crippen LogP contribution >= 0.6 is 11.6 Å². The molecule has 0 bridgehead atoms. The molecular weight excluding hydrogens is 239 g/mol. The van der Waals surface area contributed by atoms with Gasteiger partial charge in [-0.2, -0.15) is 0 Å². The monoisotopic (exact) mass is 250 g/mol. The molecule has 0 saturated carbocycles. The van der Waals surface area contributed by atoms with Crippen LogP contribution < -0.4 is 5.73 Å². The number of pyridine rings is 1. The minimum atomic E-state index is -0.238. The van der Waals surface area contributed by atoms with Crippen LogP contribution in [0.5, 0.6) is 0 Å². The van der Waals surface area contributed by atoms with Gasteiger partial charge < -0.3 is 5.73 Å². The molecule has 1 aromatic carbocycles. The maximum atomic E-state index is 13.5. The Hall–Kier alpha value is -1.45. The highest BCUT2D eigenvalue weighted by Crippen LogP contribution is 2.29. The van der Waals surface area contributed by atoms with Gasteiger partial charge >= 0.3 is 0 Å². The van der Waals surface area contributed by atoms with Gasteiger partial charge in [-0.1, -0.05) is 23.7 Å². The third kappa shape index (κ3) is 2.30. The molecule has 2 rings (SSSR count). The highest BCUT2D eigenvalue weighted by molar-refractivity contribution is 6.29. The van der Waals surface area contributed by atoms with E-state index < -0.39 is 0 Å². The summed E-state index contributed by atoms with van der Waals surface area (Å²) < 4.78 is 13.5. The Labute approximate surface area is 104 Å². The second-order valence-electron chi connectivity index (χ2n) is 3.78. The summed E-state index contributed by atoms with van der Waals surface area (Å²) in [5, 5.41) is 0.376. The number of hydrogen-bond donors (Lipinski definition) is 1. The van der Waals surface area contributed by atoms with Crippen molar-refractivity contribution in [2.24, 2.45) is 5.73 Å². The Balaban J connectivity index is 2.67. The number of rotatable bonds is 2.